The van der Waals surface area contributed by atoms with E-state index in [1.807, 2.05) is 22.9 Å². The highest BCUT2D eigenvalue weighted by Gasteiger charge is 2.29. The first-order valence-electron chi connectivity index (χ1n) is 3.78. The highest BCUT2D eigenvalue weighted by atomic mass is 127. The van der Waals surface area contributed by atoms with Gasteiger partial charge in [0.15, 0.2) is 0 Å². The lowest BCUT2D eigenvalue weighted by Crippen LogP contribution is -2.05. The molecule has 0 unspecified atom stereocenters. The number of rotatable bonds is 1. The summed E-state index contributed by atoms with van der Waals surface area (Å²) in [6.45, 7) is 1.75. The maximum absolute atomic E-state index is 12.2. The Labute approximate surface area is 93.5 Å². The predicted octanol–water partition coefficient (Wildman–Crippen LogP) is 3.86. The normalized spacial score (nSPS) is 13.1. The van der Waals surface area contributed by atoms with E-state index < -0.39 is 11.7 Å². The molecule has 0 spiro atoms. The van der Waals surface area contributed by atoms with Crippen LogP contribution in [0.2, 0.25) is 0 Å². The highest BCUT2D eigenvalue weighted by molar-refractivity contribution is 14.1. The Morgan fingerprint density at radius 2 is 1.71 bits per heavy atom. The minimum Gasteiger partial charge on any atom is -0.219 e. The van der Waals surface area contributed by atoms with Gasteiger partial charge in [-0.2, -0.15) is 13.2 Å². The van der Waals surface area contributed by atoms with Crippen molar-refractivity contribution in [1.82, 2.24) is 0 Å². The fraction of sp³-hybridized carbons (Fsp3) is 0.222. The molecule has 0 aliphatic rings. The Kier molecular flexibility index (Phi) is 3.52. The Morgan fingerprint density at radius 3 is 2.07 bits per heavy atom. The Morgan fingerprint density at radius 1 is 1.21 bits per heavy atom. The molecular weight excluding hydrogens is 306 g/mol. The quantitative estimate of drug-likeness (QED) is 0.551. The first-order chi connectivity index (χ1) is 6.45. The molecule has 0 bridgehead atoms. The minimum absolute atomic E-state index is 0.637. The molecule has 0 aliphatic heterocycles. The van der Waals surface area contributed by atoms with Gasteiger partial charge < -0.3 is 0 Å². The van der Waals surface area contributed by atoms with Crippen molar-refractivity contribution in [3.8, 4) is 0 Å². The van der Waals surface area contributed by atoms with Crippen molar-refractivity contribution < 1.29 is 13.2 Å². The smallest absolute Gasteiger partial charge is 0.219 e. The summed E-state index contributed by atoms with van der Waals surface area (Å²) in [5.41, 5.74) is 0.772. The molecular formula is C9H7F3IN. The van der Waals surface area contributed by atoms with Gasteiger partial charge in [-0.15, -0.1) is 0 Å². The van der Waals surface area contributed by atoms with Gasteiger partial charge in [-0.05, 0) is 24.6 Å². The molecule has 0 fully saturated rings. The highest BCUT2D eigenvalue weighted by Crippen LogP contribution is 2.29. The number of alkyl halides is 3. The molecule has 0 aliphatic carbocycles. The van der Waals surface area contributed by atoms with E-state index in [2.05, 4.69) is 3.21 Å². The topological polar surface area (TPSA) is 12.4 Å². The molecule has 0 radical (unpaired) electrons. The van der Waals surface area contributed by atoms with Crippen molar-refractivity contribution in [2.75, 3.05) is 0 Å². The van der Waals surface area contributed by atoms with Crippen LogP contribution in [0.5, 0.6) is 0 Å². The average molecular weight is 313 g/mol. The molecule has 0 heterocycles. The molecule has 1 rings (SSSR count). The molecule has 5 heteroatoms. The van der Waals surface area contributed by atoms with E-state index in [9.17, 15) is 13.2 Å². The largest absolute Gasteiger partial charge is 0.416 e. The summed E-state index contributed by atoms with van der Waals surface area (Å²) in [7, 11) is 0. The lowest BCUT2D eigenvalue weighted by atomic mass is 10.1. The maximum atomic E-state index is 12.2. The standard InChI is InChI=1S/C9H7F3IN/c1-6(14-13)7-2-4-8(5-3-7)9(10,11)12/h2-5H,1H3/b14-6+. The summed E-state index contributed by atoms with van der Waals surface area (Å²) in [4.78, 5) is 0. The molecule has 76 valence electrons. The summed E-state index contributed by atoms with van der Waals surface area (Å²) in [5.74, 6) is 0. The molecule has 14 heavy (non-hydrogen) atoms. The second-order valence-electron chi connectivity index (χ2n) is 2.75. The van der Waals surface area contributed by atoms with Gasteiger partial charge in [0.25, 0.3) is 0 Å². The molecule has 0 atom stereocenters. The Balaban J connectivity index is 3.01. The van der Waals surface area contributed by atoms with E-state index in [1.165, 1.54) is 12.1 Å². The van der Waals surface area contributed by atoms with Gasteiger partial charge in [0.1, 0.15) is 0 Å². The zero-order valence-electron chi connectivity index (χ0n) is 7.27. The van der Waals surface area contributed by atoms with Crippen LogP contribution in [-0.4, -0.2) is 5.71 Å². The molecule has 1 aromatic rings. The zero-order valence-corrected chi connectivity index (χ0v) is 9.43. The monoisotopic (exact) mass is 313 g/mol. The third-order valence-electron chi connectivity index (χ3n) is 1.76. The van der Waals surface area contributed by atoms with Gasteiger partial charge in [-0.3, -0.25) is 0 Å². The van der Waals surface area contributed by atoms with Crippen molar-refractivity contribution in [3.05, 3.63) is 35.4 Å². The second-order valence-corrected chi connectivity index (χ2v) is 3.23. The van der Waals surface area contributed by atoms with Gasteiger partial charge in [-0.25, -0.2) is 3.21 Å². The van der Waals surface area contributed by atoms with Crippen LogP contribution in [0.1, 0.15) is 18.1 Å². The van der Waals surface area contributed by atoms with Crippen molar-refractivity contribution in [1.29, 1.82) is 0 Å². The molecule has 0 aromatic heterocycles. The zero-order chi connectivity index (χ0) is 10.8. The SMILES string of the molecule is C/C(=N\I)c1ccc(C(F)(F)F)cc1. The number of halogens is 4. The first kappa shape index (κ1) is 11.5. The number of hydrogen-bond acceptors (Lipinski definition) is 1. The lowest BCUT2D eigenvalue weighted by Gasteiger charge is -2.06. The fourth-order valence-electron chi connectivity index (χ4n) is 0.949. The summed E-state index contributed by atoms with van der Waals surface area (Å²) in [6, 6.07) is 4.95. The van der Waals surface area contributed by atoms with Crippen molar-refractivity contribution in [2.45, 2.75) is 13.1 Å². The van der Waals surface area contributed by atoms with E-state index in [4.69, 9.17) is 0 Å². The average Bonchev–Trinajstić information content (AvgIpc) is 2.15. The van der Waals surface area contributed by atoms with Gasteiger partial charge >= 0.3 is 6.18 Å². The Hall–Kier alpha value is -0.590. The third-order valence-corrected chi connectivity index (χ3v) is 2.48. The fourth-order valence-corrected chi connectivity index (χ4v) is 1.23. The van der Waals surface area contributed by atoms with Crippen LogP contribution in [0, 0.1) is 0 Å². The van der Waals surface area contributed by atoms with E-state index in [-0.39, 0.29) is 0 Å². The van der Waals surface area contributed by atoms with Gasteiger partial charge in [-0.1, -0.05) is 12.1 Å². The van der Waals surface area contributed by atoms with E-state index in [0.29, 0.717) is 11.3 Å². The van der Waals surface area contributed by atoms with Gasteiger partial charge in [0.05, 0.1) is 34.1 Å². The van der Waals surface area contributed by atoms with Crippen LogP contribution in [0.4, 0.5) is 13.2 Å². The maximum Gasteiger partial charge on any atom is 0.416 e. The molecule has 0 amide bonds. The van der Waals surface area contributed by atoms with Crippen LogP contribution in [0.25, 0.3) is 0 Å². The van der Waals surface area contributed by atoms with Crippen LogP contribution in [-0.2, 0) is 6.18 Å². The van der Waals surface area contributed by atoms with E-state index in [1.54, 1.807) is 6.92 Å². The lowest BCUT2D eigenvalue weighted by molar-refractivity contribution is -0.137. The van der Waals surface area contributed by atoms with Crippen LogP contribution < -0.4 is 0 Å². The summed E-state index contributed by atoms with van der Waals surface area (Å²) < 4.78 is 40.4. The summed E-state index contributed by atoms with van der Waals surface area (Å²) >= 11 is 1.81. The van der Waals surface area contributed by atoms with Crippen LogP contribution in [0.15, 0.2) is 27.5 Å². The van der Waals surface area contributed by atoms with Gasteiger partial charge in [0, 0.05) is 0 Å². The molecule has 0 N–H and O–H groups in total. The van der Waals surface area contributed by atoms with E-state index in [0.717, 1.165) is 12.1 Å². The molecule has 0 saturated carbocycles. The minimum atomic E-state index is -4.27. The van der Waals surface area contributed by atoms with E-state index >= 15 is 0 Å². The molecule has 1 nitrogen and oxygen atoms in total. The number of benzene rings is 1. The molecule has 1 aromatic carbocycles. The third kappa shape index (κ3) is 2.70. The second kappa shape index (κ2) is 4.29. The predicted molar refractivity (Wildman–Crippen MR) is 57.7 cm³/mol. The van der Waals surface area contributed by atoms with Crippen molar-refractivity contribution in [2.24, 2.45) is 3.21 Å². The van der Waals surface area contributed by atoms with Crippen LogP contribution in [0.3, 0.4) is 0 Å². The first-order valence-corrected chi connectivity index (χ1v) is 4.75. The summed E-state index contributed by atoms with van der Waals surface area (Å²) in [5, 5.41) is 0. The Bertz CT molecular complexity index is 340. The van der Waals surface area contributed by atoms with Crippen molar-refractivity contribution in [3.63, 3.8) is 0 Å². The number of hydrogen-bond donors (Lipinski definition) is 0. The van der Waals surface area contributed by atoms with Crippen molar-refractivity contribution >= 4 is 28.6 Å². The van der Waals surface area contributed by atoms with Crippen LogP contribution >= 0.6 is 22.9 Å². The summed E-state index contributed by atoms with van der Waals surface area (Å²) in [6.07, 6.45) is -4.27. The van der Waals surface area contributed by atoms with Gasteiger partial charge in [0.2, 0.25) is 0 Å². The molecule has 0 saturated heterocycles. The number of nitrogens with zero attached hydrogens (tertiary/aromatic N) is 1.